The number of nitrogens with zero attached hydrogens (tertiary/aromatic N) is 1. The number of nitrogen functional groups attached to an aromatic ring is 1. The van der Waals surface area contributed by atoms with Crippen molar-refractivity contribution in [3.05, 3.63) is 76.6 Å². The number of benzene rings is 2. The standard InChI is InChI=1S/C21H24N4O2S/c22-21-25-18(14-28-21)12-20(27)24-17-8-6-15(7-9-17)10-11-23-13-19(26)16-4-2-1-3-5-16/h1-9,14,19,23,26H,10-13H2,(H2,22,25)(H,24,27)/t19-/m0/s1/i1D,2D,3D,4D,5D,6D,7D,8D,9D,10D2,11D2,14D,19D. The third-order valence-corrected chi connectivity index (χ3v) is 3.69. The summed E-state index contributed by atoms with van der Waals surface area (Å²) in [5.74, 6) is -0.880. The highest BCUT2D eigenvalue weighted by Gasteiger charge is 2.08. The molecule has 28 heavy (non-hydrogen) atoms. The molecule has 7 heteroatoms. The quantitative estimate of drug-likeness (QED) is 0.434. The Morgan fingerprint density at radius 1 is 1.29 bits per heavy atom. The molecule has 5 N–H and O–H groups in total. The number of anilines is 2. The van der Waals surface area contributed by atoms with Gasteiger partial charge in [0.2, 0.25) is 5.91 Å². The molecule has 1 heterocycles. The van der Waals surface area contributed by atoms with Crippen LogP contribution in [-0.4, -0.2) is 29.0 Å². The second-order valence-corrected chi connectivity index (χ2v) is 5.95. The average Bonchev–Trinajstić information content (AvgIpc) is 3.22. The molecular formula is C21H24N4O2S. The number of rotatable bonds is 9. The van der Waals surface area contributed by atoms with E-state index >= 15 is 0 Å². The van der Waals surface area contributed by atoms with E-state index in [1.807, 2.05) is 5.32 Å². The number of amides is 1. The first-order valence-corrected chi connectivity index (χ1v) is 8.55. The lowest BCUT2D eigenvalue weighted by Gasteiger charge is -2.12. The number of aromatic nitrogens is 1. The minimum absolute atomic E-state index is 0.000410. The van der Waals surface area contributed by atoms with Crippen molar-refractivity contribution in [2.24, 2.45) is 0 Å². The second-order valence-electron chi connectivity index (χ2n) is 5.13. The predicted octanol–water partition coefficient (Wildman–Crippen LogP) is 2.77. The maximum Gasteiger partial charge on any atom is 0.230 e. The highest BCUT2D eigenvalue weighted by Crippen LogP contribution is 2.14. The molecule has 0 unspecified atom stereocenters. The van der Waals surface area contributed by atoms with Crippen LogP contribution in [0.1, 0.15) is 43.5 Å². The van der Waals surface area contributed by atoms with Crippen LogP contribution in [0.2, 0.25) is 0 Å². The number of carbonyl (C=O) groups excluding carboxylic acids is 1. The van der Waals surface area contributed by atoms with E-state index in [0.717, 1.165) is 11.3 Å². The molecule has 0 aliphatic carbocycles. The molecular weight excluding hydrogens is 372 g/mol. The van der Waals surface area contributed by atoms with Crippen molar-refractivity contribution in [2.45, 2.75) is 18.9 Å². The number of thiazole rings is 1. The molecule has 2 aromatic carbocycles. The van der Waals surface area contributed by atoms with Crippen molar-refractivity contribution in [3.63, 3.8) is 0 Å². The maximum atomic E-state index is 12.5. The van der Waals surface area contributed by atoms with Crippen LogP contribution in [0.25, 0.3) is 0 Å². The van der Waals surface area contributed by atoms with E-state index in [-0.39, 0.29) is 16.2 Å². The highest BCUT2D eigenvalue weighted by atomic mass is 32.1. The van der Waals surface area contributed by atoms with Crippen LogP contribution >= 0.6 is 11.3 Å². The van der Waals surface area contributed by atoms with E-state index in [9.17, 15) is 9.90 Å². The number of nitrogens with two attached hydrogens (primary N) is 1. The fraction of sp³-hybridized carbons (Fsp3) is 0.238. The zero-order valence-electron chi connectivity index (χ0n) is 29.2. The van der Waals surface area contributed by atoms with Crippen LogP contribution in [0.3, 0.4) is 0 Å². The summed E-state index contributed by atoms with van der Waals surface area (Å²) in [5.41, 5.74) is 2.87. The first-order chi connectivity index (χ1) is 19.6. The fourth-order valence-electron chi connectivity index (χ4n) is 1.86. The maximum absolute atomic E-state index is 12.5. The van der Waals surface area contributed by atoms with Gasteiger partial charge in [-0.05, 0) is 36.1 Å². The van der Waals surface area contributed by atoms with E-state index in [2.05, 4.69) is 10.3 Å². The van der Waals surface area contributed by atoms with Crippen molar-refractivity contribution in [3.8, 4) is 0 Å². The molecule has 0 aliphatic rings. The molecule has 3 aromatic rings. The van der Waals surface area contributed by atoms with Crippen LogP contribution in [-0.2, 0) is 17.6 Å². The number of hydrogen-bond acceptors (Lipinski definition) is 6. The molecule has 0 saturated heterocycles. The molecule has 0 fully saturated rings. The van der Waals surface area contributed by atoms with Gasteiger partial charge in [0.05, 0.1) is 33.3 Å². The normalized spacial score (nSPS) is 21.7. The molecule has 0 radical (unpaired) electrons. The number of aliphatic hydroxyl groups is 1. The lowest BCUT2D eigenvalue weighted by molar-refractivity contribution is -0.115. The third-order valence-electron chi connectivity index (χ3n) is 3.06. The first kappa shape index (κ1) is 8.32. The zero-order valence-corrected chi connectivity index (χ0v) is 15.0. The van der Waals surface area contributed by atoms with Crippen molar-refractivity contribution < 1.29 is 30.5 Å². The molecule has 146 valence electrons. The van der Waals surface area contributed by atoms with Crippen molar-refractivity contribution in [1.29, 1.82) is 0 Å². The Morgan fingerprint density at radius 3 is 2.71 bits per heavy atom. The van der Waals surface area contributed by atoms with Gasteiger partial charge in [0.15, 0.2) is 5.13 Å². The molecule has 1 aromatic heterocycles. The molecule has 1 atom stereocenters. The van der Waals surface area contributed by atoms with Gasteiger partial charge in [-0.3, -0.25) is 4.79 Å². The van der Waals surface area contributed by atoms with Crippen molar-refractivity contribution in [2.75, 3.05) is 24.1 Å². The van der Waals surface area contributed by atoms with E-state index in [0.29, 0.717) is 0 Å². The van der Waals surface area contributed by atoms with E-state index < -0.39 is 109 Å². The Morgan fingerprint density at radius 2 is 2.04 bits per heavy atom. The van der Waals surface area contributed by atoms with E-state index in [1.54, 1.807) is 0 Å². The molecule has 0 bridgehead atoms. The van der Waals surface area contributed by atoms with E-state index in [1.165, 1.54) is 0 Å². The molecule has 3 rings (SSSR count). The zero-order chi connectivity index (χ0) is 33.0. The van der Waals surface area contributed by atoms with Gasteiger partial charge in [0.1, 0.15) is 0 Å². The van der Waals surface area contributed by atoms with Gasteiger partial charge in [0.25, 0.3) is 0 Å². The minimum atomic E-state index is -3.40. The van der Waals surface area contributed by atoms with Gasteiger partial charge in [-0.1, -0.05) is 42.3 Å². The van der Waals surface area contributed by atoms with E-state index in [4.69, 9.17) is 26.3 Å². The fourth-order valence-corrected chi connectivity index (χ4v) is 2.35. The predicted molar refractivity (Wildman–Crippen MR) is 113 cm³/mol. The number of nitrogens with one attached hydrogen (secondary N) is 2. The molecule has 6 nitrogen and oxygen atoms in total. The summed E-state index contributed by atoms with van der Waals surface area (Å²) in [5, 5.41) is 14.7. The Balaban J connectivity index is 1.95. The summed E-state index contributed by atoms with van der Waals surface area (Å²) in [7, 11) is 0. The summed E-state index contributed by atoms with van der Waals surface area (Å²) in [6.45, 7) is -4.58. The molecule has 0 spiro atoms. The summed E-state index contributed by atoms with van der Waals surface area (Å²) >= 11 is 0.809. The Hall–Kier alpha value is -2.74. The Bertz CT molecular complexity index is 1550. The SMILES string of the molecule is [2H]c1sc(N)nc1CC(=O)Nc1c([2H])c([2H])c(C([2H])([2H])C([2H])([2H])NC[C@]([2H])(O)c2c([2H])c([2H])c([2H])c([2H])c2[2H])c([2H])c1[2H]. The second kappa shape index (κ2) is 9.98. The number of carbonyl (C=O) groups is 1. The Kier molecular flexibility index (Phi) is 2.97. The van der Waals surface area contributed by atoms with Crippen molar-refractivity contribution >= 4 is 28.1 Å². The van der Waals surface area contributed by atoms with Gasteiger partial charge in [0, 0.05) is 23.1 Å². The lowest BCUT2D eigenvalue weighted by atomic mass is 10.1. The van der Waals surface area contributed by atoms with Gasteiger partial charge < -0.3 is 21.5 Å². The van der Waals surface area contributed by atoms with Crippen LogP contribution in [0.4, 0.5) is 10.8 Å². The monoisotopic (exact) mass is 411 g/mol. The van der Waals surface area contributed by atoms with Crippen LogP contribution in [0.15, 0.2) is 59.7 Å². The summed E-state index contributed by atoms with van der Waals surface area (Å²) in [6, 6.07) is -8.39. The minimum Gasteiger partial charge on any atom is -0.387 e. The lowest BCUT2D eigenvalue weighted by Crippen LogP contribution is -2.23. The van der Waals surface area contributed by atoms with Gasteiger partial charge in [-0.25, -0.2) is 4.98 Å². The van der Waals surface area contributed by atoms with Crippen LogP contribution in [0, 0.1) is 0 Å². The van der Waals surface area contributed by atoms with Gasteiger partial charge in [-0.15, -0.1) is 11.3 Å². The summed E-state index contributed by atoms with van der Waals surface area (Å²) < 4.78 is 121. The molecule has 0 saturated carbocycles. The van der Waals surface area contributed by atoms with Crippen LogP contribution in [0.5, 0.6) is 0 Å². The Labute approximate surface area is 189 Å². The number of hydrogen-bond donors (Lipinski definition) is 4. The summed E-state index contributed by atoms with van der Waals surface area (Å²) in [4.78, 5) is 16.3. The highest BCUT2D eigenvalue weighted by molar-refractivity contribution is 7.13. The smallest absolute Gasteiger partial charge is 0.230 e. The first-order valence-electron chi connectivity index (χ1n) is 15.2. The summed E-state index contributed by atoms with van der Waals surface area (Å²) in [6.07, 6.45) is -6.98. The van der Waals surface area contributed by atoms with Gasteiger partial charge in [-0.2, -0.15) is 0 Å². The van der Waals surface area contributed by atoms with Crippen molar-refractivity contribution in [1.82, 2.24) is 10.3 Å². The third kappa shape index (κ3) is 6.16. The van der Waals surface area contributed by atoms with Gasteiger partial charge >= 0.3 is 0 Å². The molecule has 0 aliphatic heterocycles. The van der Waals surface area contributed by atoms with Crippen LogP contribution < -0.4 is 16.4 Å². The molecule has 1 amide bonds. The average molecular weight is 412 g/mol. The topological polar surface area (TPSA) is 100 Å². The largest absolute Gasteiger partial charge is 0.387 e.